The maximum atomic E-state index is 12.2. The lowest BCUT2D eigenvalue weighted by Gasteiger charge is -2.10. The molecule has 1 aromatic heterocycles. The van der Waals surface area contributed by atoms with Crippen molar-refractivity contribution in [1.82, 2.24) is 9.78 Å². The number of carbonyl (C=O) groups excluding carboxylic acids is 1. The van der Waals surface area contributed by atoms with Crippen LogP contribution >= 0.6 is 0 Å². The molecule has 0 N–H and O–H groups in total. The maximum absolute atomic E-state index is 12.2. The largest absolute Gasteiger partial charge is 0.463 e. The number of aromatic nitrogens is 2. The molecule has 0 aliphatic carbocycles. The molecular formula is C20H28N2O3. The standard InChI is InChI=1S/C20H28N2O3/c1-6-25-20(23)18(14(2)3)12-16-8-9-17-15(4)21-22(19(17)13-16)10-7-11-24-5/h8-9,12-14H,6-7,10-11H2,1-5H3/b18-12+. The van der Waals surface area contributed by atoms with Crippen LogP contribution in [0.4, 0.5) is 0 Å². The molecule has 0 saturated carbocycles. The lowest BCUT2D eigenvalue weighted by Crippen LogP contribution is -2.12. The van der Waals surface area contributed by atoms with Crippen molar-refractivity contribution in [2.24, 2.45) is 5.92 Å². The quantitative estimate of drug-likeness (QED) is 0.413. The first-order chi connectivity index (χ1) is 12.0. The summed E-state index contributed by atoms with van der Waals surface area (Å²) < 4.78 is 12.3. The Bertz CT molecular complexity index is 760. The second kappa shape index (κ2) is 8.81. The van der Waals surface area contributed by atoms with E-state index in [-0.39, 0.29) is 11.9 Å². The number of hydrogen-bond donors (Lipinski definition) is 0. The van der Waals surface area contributed by atoms with Gasteiger partial charge < -0.3 is 9.47 Å². The van der Waals surface area contributed by atoms with E-state index in [2.05, 4.69) is 17.2 Å². The number of carbonyl (C=O) groups is 1. The predicted octanol–water partition coefficient (Wildman–Crippen LogP) is 3.98. The Morgan fingerprint density at radius 1 is 1.36 bits per heavy atom. The predicted molar refractivity (Wildman–Crippen MR) is 100 cm³/mol. The summed E-state index contributed by atoms with van der Waals surface area (Å²) in [6.07, 6.45) is 2.83. The van der Waals surface area contributed by atoms with Crippen LogP contribution in [0.3, 0.4) is 0 Å². The van der Waals surface area contributed by atoms with Gasteiger partial charge in [-0.2, -0.15) is 5.10 Å². The monoisotopic (exact) mass is 344 g/mol. The van der Waals surface area contributed by atoms with Crippen LogP contribution in [-0.2, 0) is 20.8 Å². The highest BCUT2D eigenvalue weighted by molar-refractivity contribution is 5.95. The van der Waals surface area contributed by atoms with Crippen LogP contribution < -0.4 is 0 Å². The Balaban J connectivity index is 2.39. The summed E-state index contributed by atoms with van der Waals surface area (Å²) >= 11 is 0. The molecule has 0 unspecified atom stereocenters. The normalized spacial score (nSPS) is 12.2. The van der Waals surface area contributed by atoms with E-state index in [4.69, 9.17) is 9.47 Å². The van der Waals surface area contributed by atoms with Gasteiger partial charge in [0.2, 0.25) is 0 Å². The summed E-state index contributed by atoms with van der Waals surface area (Å²) in [5, 5.41) is 5.77. The van der Waals surface area contributed by atoms with Crippen LogP contribution in [0.2, 0.25) is 0 Å². The Morgan fingerprint density at radius 3 is 2.76 bits per heavy atom. The summed E-state index contributed by atoms with van der Waals surface area (Å²) in [4.78, 5) is 12.2. The minimum absolute atomic E-state index is 0.100. The van der Waals surface area contributed by atoms with E-state index in [1.807, 2.05) is 44.5 Å². The highest BCUT2D eigenvalue weighted by Gasteiger charge is 2.15. The number of ether oxygens (including phenoxy) is 2. The summed E-state index contributed by atoms with van der Waals surface area (Å²) in [6, 6.07) is 6.18. The van der Waals surface area contributed by atoms with Crippen LogP contribution in [-0.4, -0.2) is 36.1 Å². The molecule has 0 atom stereocenters. The molecule has 5 heteroatoms. The van der Waals surface area contributed by atoms with Crippen LogP contribution in [0.5, 0.6) is 0 Å². The van der Waals surface area contributed by atoms with Crippen molar-refractivity contribution in [2.45, 2.75) is 40.7 Å². The first-order valence-corrected chi connectivity index (χ1v) is 8.82. The third kappa shape index (κ3) is 4.69. The van der Waals surface area contributed by atoms with E-state index >= 15 is 0 Å². The zero-order valence-corrected chi connectivity index (χ0v) is 15.8. The van der Waals surface area contributed by atoms with Gasteiger partial charge in [0.05, 0.1) is 17.8 Å². The minimum Gasteiger partial charge on any atom is -0.463 e. The van der Waals surface area contributed by atoms with Crippen molar-refractivity contribution < 1.29 is 14.3 Å². The summed E-state index contributed by atoms with van der Waals surface area (Å²) in [7, 11) is 1.71. The number of aryl methyl sites for hydroxylation is 2. The number of hydrogen-bond acceptors (Lipinski definition) is 4. The number of esters is 1. The second-order valence-electron chi connectivity index (χ2n) is 6.41. The molecule has 1 heterocycles. The third-order valence-corrected chi connectivity index (χ3v) is 4.13. The fourth-order valence-electron chi connectivity index (χ4n) is 2.83. The molecule has 25 heavy (non-hydrogen) atoms. The molecule has 0 aliphatic heterocycles. The molecule has 0 bridgehead atoms. The Hall–Kier alpha value is -2.14. The molecule has 2 aromatic rings. The van der Waals surface area contributed by atoms with Gasteiger partial charge >= 0.3 is 5.97 Å². The zero-order chi connectivity index (χ0) is 18.4. The average Bonchev–Trinajstić information content (AvgIpc) is 2.88. The minimum atomic E-state index is -0.248. The van der Waals surface area contributed by atoms with E-state index in [0.717, 1.165) is 35.1 Å². The Kier molecular flexibility index (Phi) is 6.76. The Morgan fingerprint density at radius 2 is 2.12 bits per heavy atom. The van der Waals surface area contributed by atoms with Gasteiger partial charge in [0, 0.05) is 31.2 Å². The zero-order valence-electron chi connectivity index (χ0n) is 15.8. The fourth-order valence-corrected chi connectivity index (χ4v) is 2.83. The van der Waals surface area contributed by atoms with Gasteiger partial charge in [0.25, 0.3) is 0 Å². The average molecular weight is 344 g/mol. The molecule has 0 saturated heterocycles. The lowest BCUT2D eigenvalue weighted by molar-refractivity contribution is -0.138. The van der Waals surface area contributed by atoms with Crippen molar-refractivity contribution in [3.05, 3.63) is 35.0 Å². The smallest absolute Gasteiger partial charge is 0.334 e. The van der Waals surface area contributed by atoms with Crippen molar-refractivity contribution in [3.63, 3.8) is 0 Å². The Labute approximate surface area is 149 Å². The topological polar surface area (TPSA) is 53.3 Å². The van der Waals surface area contributed by atoms with Gasteiger partial charge in [-0.3, -0.25) is 4.68 Å². The molecule has 0 radical (unpaired) electrons. The SMILES string of the molecule is CCOC(=O)/C(=C/c1ccc2c(C)nn(CCCOC)c2c1)C(C)C. The van der Waals surface area contributed by atoms with Crippen molar-refractivity contribution in [3.8, 4) is 0 Å². The van der Waals surface area contributed by atoms with E-state index < -0.39 is 0 Å². The van der Waals surface area contributed by atoms with Crippen molar-refractivity contribution in [2.75, 3.05) is 20.3 Å². The van der Waals surface area contributed by atoms with E-state index in [9.17, 15) is 4.79 Å². The summed E-state index contributed by atoms with van der Waals surface area (Å²) in [6.45, 7) is 9.74. The first-order valence-electron chi connectivity index (χ1n) is 8.82. The molecule has 0 amide bonds. The molecular weight excluding hydrogens is 316 g/mol. The third-order valence-electron chi connectivity index (χ3n) is 4.13. The van der Waals surface area contributed by atoms with Gasteiger partial charge in [0.1, 0.15) is 0 Å². The number of nitrogens with zero attached hydrogens (tertiary/aromatic N) is 2. The van der Waals surface area contributed by atoms with E-state index in [1.165, 1.54) is 0 Å². The van der Waals surface area contributed by atoms with Crippen molar-refractivity contribution in [1.29, 1.82) is 0 Å². The molecule has 0 aliphatic rings. The number of rotatable bonds is 8. The van der Waals surface area contributed by atoms with Crippen molar-refractivity contribution >= 4 is 22.9 Å². The number of fused-ring (bicyclic) bond motifs is 1. The molecule has 0 fully saturated rings. The first kappa shape index (κ1) is 19.2. The van der Waals surface area contributed by atoms with Gasteiger partial charge in [-0.25, -0.2) is 4.79 Å². The van der Waals surface area contributed by atoms with Gasteiger partial charge in [-0.15, -0.1) is 0 Å². The summed E-state index contributed by atoms with van der Waals surface area (Å²) in [5.41, 5.74) is 3.76. The molecule has 136 valence electrons. The van der Waals surface area contributed by atoms with Crippen LogP contribution in [0.15, 0.2) is 23.8 Å². The van der Waals surface area contributed by atoms with Crippen LogP contribution in [0.25, 0.3) is 17.0 Å². The maximum Gasteiger partial charge on any atom is 0.334 e. The molecule has 0 spiro atoms. The van der Waals surface area contributed by atoms with E-state index in [0.29, 0.717) is 18.8 Å². The second-order valence-corrected chi connectivity index (χ2v) is 6.41. The highest BCUT2D eigenvalue weighted by atomic mass is 16.5. The number of methoxy groups -OCH3 is 1. The molecule has 2 rings (SSSR count). The highest BCUT2D eigenvalue weighted by Crippen LogP contribution is 2.23. The van der Waals surface area contributed by atoms with Gasteiger partial charge in [0.15, 0.2) is 0 Å². The van der Waals surface area contributed by atoms with Gasteiger partial charge in [-0.1, -0.05) is 26.0 Å². The molecule has 1 aromatic carbocycles. The van der Waals surface area contributed by atoms with Crippen LogP contribution in [0.1, 0.15) is 38.4 Å². The molecule has 5 nitrogen and oxygen atoms in total. The lowest BCUT2D eigenvalue weighted by atomic mass is 10.00. The fraction of sp³-hybridized carbons (Fsp3) is 0.500. The summed E-state index contributed by atoms with van der Waals surface area (Å²) in [5.74, 6) is -0.148. The van der Waals surface area contributed by atoms with Crippen LogP contribution in [0, 0.1) is 12.8 Å². The number of benzene rings is 1. The van der Waals surface area contributed by atoms with E-state index in [1.54, 1.807) is 7.11 Å². The van der Waals surface area contributed by atoms with Gasteiger partial charge in [-0.05, 0) is 43.9 Å².